The van der Waals surface area contributed by atoms with E-state index in [1.807, 2.05) is 0 Å². The van der Waals surface area contributed by atoms with E-state index >= 15 is 0 Å². The van der Waals surface area contributed by atoms with Crippen molar-refractivity contribution in [1.29, 1.82) is 0 Å². The minimum absolute atomic E-state index is 0.0838. The van der Waals surface area contributed by atoms with Crippen LogP contribution in [-0.2, 0) is 0 Å². The molecule has 2 heterocycles. The molecule has 0 N–H and O–H groups in total. The molecule has 0 aromatic carbocycles. The van der Waals surface area contributed by atoms with Gasteiger partial charge in [-0.1, -0.05) is 23.2 Å². The monoisotopic (exact) mass is 274 g/mol. The van der Waals surface area contributed by atoms with E-state index in [0.717, 1.165) is 4.88 Å². The summed E-state index contributed by atoms with van der Waals surface area (Å²) in [5.41, 5.74) is 0.371. The van der Waals surface area contributed by atoms with E-state index in [-0.39, 0.29) is 10.8 Å². The first-order valence-electron chi connectivity index (χ1n) is 4.14. The lowest BCUT2D eigenvalue weighted by molar-refractivity contribution is -0.384. The maximum atomic E-state index is 10.6. The fraction of sp³-hybridized carbons (Fsp3) is 0. The van der Waals surface area contributed by atoms with Crippen molar-refractivity contribution in [3.05, 3.63) is 43.9 Å². The molecule has 82 valence electrons. The number of nitrogens with zero attached hydrogens (tertiary/aromatic N) is 2. The summed E-state index contributed by atoms with van der Waals surface area (Å²) in [4.78, 5) is 14.9. The quantitative estimate of drug-likeness (QED) is 0.472. The maximum Gasteiger partial charge on any atom is 0.274 e. The van der Waals surface area contributed by atoms with Crippen LogP contribution < -0.4 is 0 Å². The van der Waals surface area contributed by atoms with Crippen LogP contribution in [0.4, 0.5) is 5.69 Å². The normalized spacial score (nSPS) is 10.4. The Bertz CT molecular complexity index is 556. The molecule has 0 unspecified atom stereocenters. The number of pyridine rings is 1. The van der Waals surface area contributed by atoms with Crippen LogP contribution in [-0.4, -0.2) is 9.91 Å². The predicted molar refractivity (Wildman–Crippen MR) is 64.2 cm³/mol. The van der Waals surface area contributed by atoms with Crippen molar-refractivity contribution in [3.63, 3.8) is 0 Å². The minimum Gasteiger partial charge on any atom is -0.258 e. The molecule has 7 heteroatoms. The van der Waals surface area contributed by atoms with Gasteiger partial charge < -0.3 is 0 Å². The molecular formula is C9H4Cl2N2O2S. The lowest BCUT2D eigenvalue weighted by atomic mass is 10.3. The summed E-state index contributed by atoms with van der Waals surface area (Å²) < 4.78 is 0.597. The standard InChI is InChI=1S/C9H4Cl2N2O2S/c10-8-4-5(13(14)15)3-6(12-8)7-1-2-9(11)16-7/h1-4H. The van der Waals surface area contributed by atoms with Gasteiger partial charge in [-0.2, -0.15) is 0 Å². The number of halogens is 2. The predicted octanol–water partition coefficient (Wildman–Crippen LogP) is 4.03. The number of nitro groups is 1. The van der Waals surface area contributed by atoms with E-state index < -0.39 is 4.92 Å². The third-order valence-corrected chi connectivity index (χ3v) is 3.26. The van der Waals surface area contributed by atoms with Gasteiger partial charge in [-0.15, -0.1) is 11.3 Å². The van der Waals surface area contributed by atoms with Crippen LogP contribution in [0.2, 0.25) is 9.49 Å². The van der Waals surface area contributed by atoms with Gasteiger partial charge in [0.25, 0.3) is 5.69 Å². The molecule has 0 aliphatic carbocycles. The summed E-state index contributed by atoms with van der Waals surface area (Å²) in [7, 11) is 0. The van der Waals surface area contributed by atoms with Crippen LogP contribution in [0, 0.1) is 10.1 Å². The smallest absolute Gasteiger partial charge is 0.258 e. The molecule has 0 fully saturated rings. The zero-order chi connectivity index (χ0) is 11.7. The Morgan fingerprint density at radius 3 is 2.62 bits per heavy atom. The van der Waals surface area contributed by atoms with Gasteiger partial charge >= 0.3 is 0 Å². The van der Waals surface area contributed by atoms with E-state index in [1.165, 1.54) is 23.5 Å². The van der Waals surface area contributed by atoms with Gasteiger partial charge in [0.2, 0.25) is 0 Å². The second-order valence-electron chi connectivity index (χ2n) is 2.89. The Labute approximate surface area is 105 Å². The molecule has 2 aromatic rings. The van der Waals surface area contributed by atoms with Gasteiger partial charge in [0, 0.05) is 6.07 Å². The first kappa shape index (κ1) is 11.3. The van der Waals surface area contributed by atoms with Crippen molar-refractivity contribution in [2.24, 2.45) is 0 Å². The molecule has 0 saturated heterocycles. The fourth-order valence-electron chi connectivity index (χ4n) is 1.17. The van der Waals surface area contributed by atoms with Crippen molar-refractivity contribution >= 4 is 40.2 Å². The zero-order valence-electron chi connectivity index (χ0n) is 7.68. The number of hydrogen-bond acceptors (Lipinski definition) is 4. The van der Waals surface area contributed by atoms with Gasteiger partial charge in [-0.05, 0) is 12.1 Å². The van der Waals surface area contributed by atoms with Crippen molar-refractivity contribution in [3.8, 4) is 10.6 Å². The van der Waals surface area contributed by atoms with Crippen molar-refractivity contribution in [2.45, 2.75) is 0 Å². The van der Waals surface area contributed by atoms with Crippen molar-refractivity contribution < 1.29 is 4.92 Å². The highest BCUT2D eigenvalue weighted by molar-refractivity contribution is 7.19. The average molecular weight is 275 g/mol. The summed E-state index contributed by atoms with van der Waals surface area (Å²) in [5.74, 6) is 0. The SMILES string of the molecule is O=[N+]([O-])c1cc(Cl)nc(-c2ccc(Cl)s2)c1. The second kappa shape index (κ2) is 4.37. The molecule has 0 aliphatic heterocycles. The molecule has 0 atom stereocenters. The van der Waals surface area contributed by atoms with Gasteiger partial charge in [-0.3, -0.25) is 10.1 Å². The van der Waals surface area contributed by atoms with E-state index in [2.05, 4.69) is 4.98 Å². The largest absolute Gasteiger partial charge is 0.274 e. The van der Waals surface area contributed by atoms with E-state index in [1.54, 1.807) is 12.1 Å². The van der Waals surface area contributed by atoms with Gasteiger partial charge in [0.15, 0.2) is 0 Å². The molecule has 0 amide bonds. The second-order valence-corrected chi connectivity index (χ2v) is 5.00. The first-order valence-corrected chi connectivity index (χ1v) is 5.71. The Kier molecular flexibility index (Phi) is 3.09. The number of rotatable bonds is 2. The highest BCUT2D eigenvalue weighted by Gasteiger charge is 2.12. The Balaban J connectivity index is 2.53. The van der Waals surface area contributed by atoms with Crippen molar-refractivity contribution in [2.75, 3.05) is 0 Å². The van der Waals surface area contributed by atoms with E-state index in [4.69, 9.17) is 23.2 Å². The summed E-state index contributed by atoms with van der Waals surface area (Å²) in [6.07, 6.45) is 0. The number of hydrogen-bond donors (Lipinski definition) is 0. The molecule has 0 bridgehead atoms. The molecule has 0 aliphatic rings. The molecule has 0 saturated carbocycles. The van der Waals surface area contributed by atoms with Crippen LogP contribution in [0.15, 0.2) is 24.3 Å². The maximum absolute atomic E-state index is 10.6. The third-order valence-electron chi connectivity index (χ3n) is 1.82. The summed E-state index contributed by atoms with van der Waals surface area (Å²) >= 11 is 12.8. The fourth-order valence-corrected chi connectivity index (χ4v) is 2.37. The molecule has 4 nitrogen and oxygen atoms in total. The van der Waals surface area contributed by atoms with E-state index in [0.29, 0.717) is 10.0 Å². The highest BCUT2D eigenvalue weighted by atomic mass is 35.5. The molecule has 0 radical (unpaired) electrons. The lowest BCUT2D eigenvalue weighted by Gasteiger charge is -1.98. The van der Waals surface area contributed by atoms with Gasteiger partial charge in [0.05, 0.1) is 25.9 Å². The van der Waals surface area contributed by atoms with E-state index in [9.17, 15) is 10.1 Å². The number of aromatic nitrogens is 1. The molecule has 2 rings (SSSR count). The Morgan fingerprint density at radius 1 is 1.31 bits per heavy atom. The van der Waals surface area contributed by atoms with Crippen LogP contribution in [0.5, 0.6) is 0 Å². The lowest BCUT2D eigenvalue weighted by Crippen LogP contribution is -1.90. The van der Waals surface area contributed by atoms with Gasteiger partial charge in [-0.25, -0.2) is 4.98 Å². The molecule has 2 aromatic heterocycles. The third kappa shape index (κ3) is 2.32. The van der Waals surface area contributed by atoms with Crippen LogP contribution >= 0.6 is 34.5 Å². The summed E-state index contributed by atoms with van der Waals surface area (Å²) in [6, 6.07) is 6.03. The zero-order valence-corrected chi connectivity index (χ0v) is 10.0. The summed E-state index contributed by atoms with van der Waals surface area (Å²) in [5, 5.41) is 10.7. The van der Waals surface area contributed by atoms with Crippen LogP contribution in [0.3, 0.4) is 0 Å². The minimum atomic E-state index is -0.508. The highest BCUT2D eigenvalue weighted by Crippen LogP contribution is 2.32. The topological polar surface area (TPSA) is 56.0 Å². The van der Waals surface area contributed by atoms with Crippen LogP contribution in [0.25, 0.3) is 10.6 Å². The first-order chi connectivity index (χ1) is 7.56. The number of thiophene rings is 1. The Hall–Kier alpha value is -1.17. The Morgan fingerprint density at radius 2 is 2.06 bits per heavy atom. The average Bonchev–Trinajstić information content (AvgIpc) is 2.64. The van der Waals surface area contributed by atoms with Crippen molar-refractivity contribution in [1.82, 2.24) is 4.98 Å². The van der Waals surface area contributed by atoms with Crippen LogP contribution in [0.1, 0.15) is 0 Å². The molecular weight excluding hydrogens is 271 g/mol. The van der Waals surface area contributed by atoms with Gasteiger partial charge in [0.1, 0.15) is 5.15 Å². The molecule has 0 spiro atoms. The molecule has 16 heavy (non-hydrogen) atoms. The summed E-state index contributed by atoms with van der Waals surface area (Å²) in [6.45, 7) is 0.